The van der Waals surface area contributed by atoms with Crippen LogP contribution in [0, 0.1) is 0 Å². The molecule has 0 unspecified atom stereocenters. The molecule has 0 radical (unpaired) electrons. The number of nitrogens with two attached hydrogens (primary N) is 1. The van der Waals surface area contributed by atoms with Crippen LogP contribution in [-0.2, 0) is 4.79 Å². The summed E-state index contributed by atoms with van der Waals surface area (Å²) >= 11 is 0. The maximum Gasteiger partial charge on any atom is 0.244 e. The largest absolute Gasteiger partial charge is 0.366 e. The van der Waals surface area contributed by atoms with E-state index < -0.39 is 0 Å². The van der Waals surface area contributed by atoms with Gasteiger partial charge in [-0.3, -0.25) is 15.6 Å². The van der Waals surface area contributed by atoms with E-state index in [0.717, 1.165) is 32.2 Å². The molecule has 0 aromatic rings. The van der Waals surface area contributed by atoms with Crippen LogP contribution < -0.4 is 16.6 Å². The van der Waals surface area contributed by atoms with Crippen molar-refractivity contribution in [3.63, 3.8) is 0 Å². The lowest BCUT2D eigenvalue weighted by Crippen LogP contribution is -2.28. The molecule has 0 aliphatic carbocycles. The second-order valence-electron chi connectivity index (χ2n) is 2.96. The number of carbonyl (C=O) groups excluding carboxylic acids is 1. The van der Waals surface area contributed by atoms with Gasteiger partial charge in [0.05, 0.1) is 0 Å². The minimum Gasteiger partial charge on any atom is -0.366 e. The van der Waals surface area contributed by atoms with Gasteiger partial charge in [-0.15, -0.1) is 0 Å². The van der Waals surface area contributed by atoms with Crippen LogP contribution in [0.5, 0.6) is 0 Å². The van der Waals surface area contributed by atoms with Crippen molar-refractivity contribution in [2.24, 2.45) is 5.73 Å². The van der Waals surface area contributed by atoms with Gasteiger partial charge < -0.3 is 5.73 Å². The molecular formula is C9H19N3O. The summed E-state index contributed by atoms with van der Waals surface area (Å²) in [6.45, 7) is 4.53. The lowest BCUT2D eigenvalue weighted by molar-refractivity contribution is -0.114. The number of carbonyl (C=O) groups is 1. The molecule has 1 amide bonds. The first-order valence-electron chi connectivity index (χ1n) is 4.55. The first-order chi connectivity index (χ1) is 6.18. The summed E-state index contributed by atoms with van der Waals surface area (Å²) in [7, 11) is 1.84. The van der Waals surface area contributed by atoms with Gasteiger partial charge >= 0.3 is 0 Å². The van der Waals surface area contributed by atoms with E-state index in [1.54, 1.807) is 0 Å². The molecule has 0 aliphatic rings. The molecule has 76 valence electrons. The fourth-order valence-corrected chi connectivity index (χ4v) is 0.977. The van der Waals surface area contributed by atoms with Crippen molar-refractivity contribution < 1.29 is 4.79 Å². The Morgan fingerprint density at radius 3 is 2.62 bits per heavy atom. The SMILES string of the molecule is C=C(CCCCCNNC)C(N)=O. The average Bonchev–Trinajstić information content (AvgIpc) is 2.10. The van der Waals surface area contributed by atoms with E-state index in [2.05, 4.69) is 17.4 Å². The summed E-state index contributed by atoms with van der Waals surface area (Å²) in [5.74, 6) is -0.381. The monoisotopic (exact) mass is 185 g/mol. The molecule has 0 bridgehead atoms. The van der Waals surface area contributed by atoms with Crippen LogP contribution in [-0.4, -0.2) is 19.5 Å². The van der Waals surface area contributed by atoms with Crippen LogP contribution in [0.1, 0.15) is 25.7 Å². The van der Waals surface area contributed by atoms with Crippen LogP contribution in [0.3, 0.4) is 0 Å². The summed E-state index contributed by atoms with van der Waals surface area (Å²) in [5.41, 5.74) is 11.4. The van der Waals surface area contributed by atoms with Crippen LogP contribution in [0.25, 0.3) is 0 Å². The van der Waals surface area contributed by atoms with Gasteiger partial charge in [0.2, 0.25) is 5.91 Å². The number of unbranched alkanes of at least 4 members (excludes halogenated alkanes) is 2. The summed E-state index contributed by atoms with van der Waals surface area (Å²) in [4.78, 5) is 10.6. The van der Waals surface area contributed by atoms with Gasteiger partial charge in [-0.05, 0) is 26.3 Å². The molecule has 4 heteroatoms. The second-order valence-corrected chi connectivity index (χ2v) is 2.96. The summed E-state index contributed by atoms with van der Waals surface area (Å²) < 4.78 is 0. The fourth-order valence-electron chi connectivity index (χ4n) is 0.977. The molecular weight excluding hydrogens is 166 g/mol. The standard InChI is InChI=1S/C9H19N3O/c1-8(9(10)13)6-4-3-5-7-12-11-2/h11-12H,1,3-7H2,2H3,(H2,10,13). The first-order valence-corrected chi connectivity index (χ1v) is 4.55. The normalized spacial score (nSPS) is 9.92. The molecule has 0 aromatic heterocycles. The van der Waals surface area contributed by atoms with Crippen molar-refractivity contribution in [1.82, 2.24) is 10.9 Å². The van der Waals surface area contributed by atoms with E-state index >= 15 is 0 Å². The minimum atomic E-state index is -0.381. The lowest BCUT2D eigenvalue weighted by atomic mass is 10.1. The number of hydrogen-bond acceptors (Lipinski definition) is 3. The van der Waals surface area contributed by atoms with Crippen molar-refractivity contribution in [2.75, 3.05) is 13.6 Å². The van der Waals surface area contributed by atoms with Crippen molar-refractivity contribution in [1.29, 1.82) is 0 Å². The number of amides is 1. The molecule has 0 fully saturated rings. The molecule has 13 heavy (non-hydrogen) atoms. The summed E-state index contributed by atoms with van der Waals surface area (Å²) in [5, 5.41) is 0. The van der Waals surface area contributed by atoms with Crippen LogP contribution in [0.15, 0.2) is 12.2 Å². The maximum atomic E-state index is 10.6. The third kappa shape index (κ3) is 7.49. The smallest absolute Gasteiger partial charge is 0.244 e. The molecule has 0 saturated carbocycles. The van der Waals surface area contributed by atoms with E-state index in [1.807, 2.05) is 7.05 Å². The molecule has 0 aromatic carbocycles. The zero-order valence-corrected chi connectivity index (χ0v) is 8.23. The molecule has 4 nitrogen and oxygen atoms in total. The highest BCUT2D eigenvalue weighted by atomic mass is 16.1. The lowest BCUT2D eigenvalue weighted by Gasteiger charge is -2.02. The maximum absolute atomic E-state index is 10.6. The van der Waals surface area contributed by atoms with Gasteiger partial charge in [0.15, 0.2) is 0 Å². The van der Waals surface area contributed by atoms with Gasteiger partial charge in [-0.25, -0.2) is 0 Å². The Kier molecular flexibility index (Phi) is 7.24. The summed E-state index contributed by atoms with van der Waals surface area (Å²) in [6, 6.07) is 0. The average molecular weight is 185 g/mol. The fraction of sp³-hybridized carbons (Fsp3) is 0.667. The molecule has 0 spiro atoms. The highest BCUT2D eigenvalue weighted by Crippen LogP contribution is 2.05. The number of primary amides is 1. The van der Waals surface area contributed by atoms with Gasteiger partial charge in [0.1, 0.15) is 0 Å². The van der Waals surface area contributed by atoms with Gasteiger partial charge in [-0.1, -0.05) is 13.0 Å². The molecule has 0 saturated heterocycles. The minimum absolute atomic E-state index is 0.381. The van der Waals surface area contributed by atoms with E-state index in [9.17, 15) is 4.79 Å². The van der Waals surface area contributed by atoms with Crippen LogP contribution in [0.2, 0.25) is 0 Å². The number of hydrazine groups is 1. The van der Waals surface area contributed by atoms with Crippen LogP contribution in [0.4, 0.5) is 0 Å². The predicted octanol–water partition coefficient (Wildman–Crippen LogP) is 0.312. The van der Waals surface area contributed by atoms with E-state index in [-0.39, 0.29) is 5.91 Å². The van der Waals surface area contributed by atoms with Gasteiger partial charge in [-0.2, -0.15) is 0 Å². The predicted molar refractivity (Wildman–Crippen MR) is 53.9 cm³/mol. The third-order valence-corrected chi connectivity index (χ3v) is 1.81. The molecule has 0 rings (SSSR count). The Balaban J connectivity index is 3.16. The molecule has 4 N–H and O–H groups in total. The topological polar surface area (TPSA) is 67.2 Å². The third-order valence-electron chi connectivity index (χ3n) is 1.81. The molecule has 0 heterocycles. The van der Waals surface area contributed by atoms with Crippen molar-refractivity contribution in [3.8, 4) is 0 Å². The highest BCUT2D eigenvalue weighted by molar-refractivity contribution is 5.91. The number of hydrogen-bond donors (Lipinski definition) is 3. The molecule has 0 atom stereocenters. The van der Waals surface area contributed by atoms with E-state index in [0.29, 0.717) is 5.57 Å². The zero-order chi connectivity index (χ0) is 10.1. The molecule has 0 aliphatic heterocycles. The Bertz CT molecular complexity index is 168. The summed E-state index contributed by atoms with van der Waals surface area (Å²) in [6.07, 6.45) is 3.87. The Hall–Kier alpha value is -0.870. The number of nitrogens with one attached hydrogen (secondary N) is 2. The second kappa shape index (κ2) is 7.76. The van der Waals surface area contributed by atoms with Crippen molar-refractivity contribution in [3.05, 3.63) is 12.2 Å². The Labute approximate surface area is 79.5 Å². The highest BCUT2D eigenvalue weighted by Gasteiger charge is 1.99. The van der Waals surface area contributed by atoms with Gasteiger partial charge in [0, 0.05) is 12.1 Å². The Morgan fingerprint density at radius 1 is 1.38 bits per heavy atom. The van der Waals surface area contributed by atoms with E-state index in [1.165, 1.54) is 0 Å². The first kappa shape index (κ1) is 12.1. The van der Waals surface area contributed by atoms with E-state index in [4.69, 9.17) is 5.73 Å². The zero-order valence-electron chi connectivity index (χ0n) is 8.23. The Morgan fingerprint density at radius 2 is 2.08 bits per heavy atom. The van der Waals surface area contributed by atoms with Gasteiger partial charge in [0.25, 0.3) is 0 Å². The van der Waals surface area contributed by atoms with Crippen LogP contribution >= 0.6 is 0 Å². The van der Waals surface area contributed by atoms with Crippen molar-refractivity contribution in [2.45, 2.75) is 25.7 Å². The number of rotatable bonds is 8. The quantitative estimate of drug-likeness (QED) is 0.290. The van der Waals surface area contributed by atoms with Crippen molar-refractivity contribution >= 4 is 5.91 Å².